The van der Waals surface area contributed by atoms with Crippen molar-refractivity contribution < 1.29 is 9.53 Å². The fourth-order valence-corrected chi connectivity index (χ4v) is 1.02. The standard InChI is InChI=1S/C7H9NO2/c8-5-4-6-2-1-3-7(9)10-6/h6H,1-4H2. The summed E-state index contributed by atoms with van der Waals surface area (Å²) in [5.74, 6) is -0.161. The zero-order valence-corrected chi connectivity index (χ0v) is 5.67. The van der Waals surface area contributed by atoms with Gasteiger partial charge < -0.3 is 4.74 Å². The van der Waals surface area contributed by atoms with Crippen LogP contribution in [0.1, 0.15) is 25.7 Å². The van der Waals surface area contributed by atoms with Gasteiger partial charge in [0.2, 0.25) is 0 Å². The summed E-state index contributed by atoms with van der Waals surface area (Å²) in [6.45, 7) is 0. The molecule has 1 saturated heterocycles. The summed E-state index contributed by atoms with van der Waals surface area (Å²) < 4.78 is 4.87. The van der Waals surface area contributed by atoms with E-state index in [0.29, 0.717) is 12.8 Å². The molecule has 1 atom stereocenters. The lowest BCUT2D eigenvalue weighted by Gasteiger charge is -2.19. The van der Waals surface area contributed by atoms with Gasteiger partial charge in [-0.1, -0.05) is 0 Å². The van der Waals surface area contributed by atoms with Crippen LogP contribution in [0, 0.1) is 11.3 Å². The van der Waals surface area contributed by atoms with Crippen molar-refractivity contribution in [1.29, 1.82) is 5.26 Å². The van der Waals surface area contributed by atoms with Crippen molar-refractivity contribution in [3.63, 3.8) is 0 Å². The third kappa shape index (κ3) is 1.73. The van der Waals surface area contributed by atoms with Crippen LogP contribution in [-0.2, 0) is 9.53 Å². The molecule has 0 radical (unpaired) electrons. The number of rotatable bonds is 1. The quantitative estimate of drug-likeness (QED) is 0.509. The number of cyclic esters (lactones) is 1. The Hall–Kier alpha value is -1.04. The molecule has 1 aliphatic heterocycles. The smallest absolute Gasteiger partial charge is 0.306 e. The van der Waals surface area contributed by atoms with Gasteiger partial charge in [-0.05, 0) is 12.8 Å². The van der Waals surface area contributed by atoms with Gasteiger partial charge in [-0.25, -0.2) is 0 Å². The Labute approximate surface area is 59.6 Å². The van der Waals surface area contributed by atoms with Crippen LogP contribution in [0.3, 0.4) is 0 Å². The van der Waals surface area contributed by atoms with Gasteiger partial charge in [-0.3, -0.25) is 4.79 Å². The second-order valence-corrected chi connectivity index (χ2v) is 2.37. The van der Waals surface area contributed by atoms with Crippen LogP contribution < -0.4 is 0 Å². The number of hydrogen-bond donors (Lipinski definition) is 0. The minimum Gasteiger partial charge on any atom is -0.461 e. The fraction of sp³-hybridized carbons (Fsp3) is 0.714. The van der Waals surface area contributed by atoms with E-state index in [4.69, 9.17) is 10.00 Å². The first kappa shape index (κ1) is 7.07. The van der Waals surface area contributed by atoms with E-state index >= 15 is 0 Å². The Morgan fingerprint density at radius 1 is 1.80 bits per heavy atom. The highest BCUT2D eigenvalue weighted by Gasteiger charge is 2.19. The molecule has 0 N–H and O–H groups in total. The zero-order chi connectivity index (χ0) is 7.40. The van der Waals surface area contributed by atoms with Crippen LogP contribution in [-0.4, -0.2) is 12.1 Å². The van der Waals surface area contributed by atoms with Crippen LogP contribution in [0.2, 0.25) is 0 Å². The zero-order valence-electron chi connectivity index (χ0n) is 5.67. The Balaban J connectivity index is 2.34. The third-order valence-electron chi connectivity index (χ3n) is 1.52. The summed E-state index contributed by atoms with van der Waals surface area (Å²) in [7, 11) is 0. The Kier molecular flexibility index (Phi) is 2.27. The second-order valence-electron chi connectivity index (χ2n) is 2.37. The highest BCUT2D eigenvalue weighted by Crippen LogP contribution is 2.15. The topological polar surface area (TPSA) is 50.1 Å². The molecule has 1 heterocycles. The van der Waals surface area contributed by atoms with Crippen LogP contribution in [0.5, 0.6) is 0 Å². The summed E-state index contributed by atoms with van der Waals surface area (Å²) in [6, 6.07) is 1.98. The van der Waals surface area contributed by atoms with E-state index in [9.17, 15) is 4.79 Å². The Bertz CT molecular complexity index is 171. The molecule has 0 bridgehead atoms. The number of hydrogen-bond acceptors (Lipinski definition) is 3. The maximum absolute atomic E-state index is 10.6. The molecule has 0 aromatic heterocycles. The second kappa shape index (κ2) is 3.21. The third-order valence-corrected chi connectivity index (χ3v) is 1.52. The van der Waals surface area contributed by atoms with Crippen LogP contribution in [0.15, 0.2) is 0 Å². The minimum atomic E-state index is -0.161. The monoisotopic (exact) mass is 139 g/mol. The molecule has 1 fully saturated rings. The number of ether oxygens (including phenoxy) is 1. The van der Waals surface area contributed by atoms with Gasteiger partial charge in [-0.2, -0.15) is 5.26 Å². The van der Waals surface area contributed by atoms with Gasteiger partial charge in [0.25, 0.3) is 0 Å². The number of nitriles is 1. The van der Waals surface area contributed by atoms with Gasteiger partial charge >= 0.3 is 5.97 Å². The Morgan fingerprint density at radius 2 is 2.60 bits per heavy atom. The molecule has 0 saturated carbocycles. The van der Waals surface area contributed by atoms with Crippen LogP contribution in [0.25, 0.3) is 0 Å². The number of nitrogens with zero attached hydrogens (tertiary/aromatic N) is 1. The molecule has 0 spiro atoms. The number of carbonyl (C=O) groups is 1. The van der Waals surface area contributed by atoms with E-state index in [2.05, 4.69) is 0 Å². The lowest BCUT2D eigenvalue weighted by Crippen LogP contribution is -2.22. The van der Waals surface area contributed by atoms with Crippen LogP contribution in [0.4, 0.5) is 0 Å². The molecule has 1 rings (SSSR count). The first-order chi connectivity index (χ1) is 4.83. The van der Waals surface area contributed by atoms with Gasteiger partial charge in [0.1, 0.15) is 6.10 Å². The van der Waals surface area contributed by atoms with Crippen LogP contribution >= 0.6 is 0 Å². The molecule has 1 unspecified atom stereocenters. The molecule has 0 aromatic carbocycles. The van der Waals surface area contributed by atoms with E-state index in [-0.39, 0.29) is 12.1 Å². The maximum Gasteiger partial charge on any atom is 0.306 e. The average Bonchev–Trinajstić information content (AvgIpc) is 1.88. The lowest BCUT2D eigenvalue weighted by molar-refractivity contribution is -0.153. The predicted octanol–water partition coefficient (Wildman–Crippen LogP) is 0.996. The van der Waals surface area contributed by atoms with Gasteiger partial charge in [0.15, 0.2) is 0 Å². The van der Waals surface area contributed by atoms with Gasteiger partial charge in [-0.15, -0.1) is 0 Å². The maximum atomic E-state index is 10.6. The number of carbonyl (C=O) groups excluding carboxylic acids is 1. The predicted molar refractivity (Wildman–Crippen MR) is 34.0 cm³/mol. The highest BCUT2D eigenvalue weighted by atomic mass is 16.5. The minimum absolute atomic E-state index is 0.133. The molecule has 3 nitrogen and oxygen atoms in total. The first-order valence-corrected chi connectivity index (χ1v) is 3.39. The molecule has 54 valence electrons. The van der Waals surface area contributed by atoms with Crippen molar-refractivity contribution >= 4 is 5.97 Å². The summed E-state index contributed by atoms with van der Waals surface area (Å²) in [4.78, 5) is 10.6. The van der Waals surface area contributed by atoms with Gasteiger partial charge in [0, 0.05) is 6.42 Å². The first-order valence-electron chi connectivity index (χ1n) is 3.39. The fourth-order valence-electron chi connectivity index (χ4n) is 1.02. The van der Waals surface area contributed by atoms with E-state index in [1.54, 1.807) is 0 Å². The molecule has 0 aliphatic carbocycles. The van der Waals surface area contributed by atoms with Crippen molar-refractivity contribution in [2.45, 2.75) is 31.8 Å². The van der Waals surface area contributed by atoms with Gasteiger partial charge in [0.05, 0.1) is 12.5 Å². The van der Waals surface area contributed by atoms with E-state index in [1.807, 2.05) is 6.07 Å². The van der Waals surface area contributed by atoms with E-state index in [0.717, 1.165) is 12.8 Å². The highest BCUT2D eigenvalue weighted by molar-refractivity contribution is 5.70. The van der Waals surface area contributed by atoms with Crippen molar-refractivity contribution in [1.82, 2.24) is 0 Å². The normalized spacial score (nSPS) is 25.1. The van der Waals surface area contributed by atoms with Crippen molar-refractivity contribution in [2.24, 2.45) is 0 Å². The molecule has 3 heteroatoms. The van der Waals surface area contributed by atoms with E-state index < -0.39 is 0 Å². The van der Waals surface area contributed by atoms with Crippen molar-refractivity contribution in [2.75, 3.05) is 0 Å². The summed E-state index contributed by atoms with van der Waals surface area (Å²) in [5, 5.41) is 8.26. The molecule has 10 heavy (non-hydrogen) atoms. The molecule has 1 aliphatic rings. The summed E-state index contributed by atoms with van der Waals surface area (Å²) in [5.41, 5.74) is 0. The Morgan fingerprint density at radius 3 is 3.20 bits per heavy atom. The van der Waals surface area contributed by atoms with E-state index in [1.165, 1.54) is 0 Å². The average molecular weight is 139 g/mol. The summed E-state index contributed by atoms with van der Waals surface area (Å²) in [6.07, 6.45) is 2.43. The molecular formula is C7H9NO2. The van der Waals surface area contributed by atoms with Crippen molar-refractivity contribution in [3.8, 4) is 6.07 Å². The lowest BCUT2D eigenvalue weighted by atomic mass is 10.1. The summed E-state index contributed by atoms with van der Waals surface area (Å²) >= 11 is 0. The number of esters is 1. The molecule has 0 aromatic rings. The van der Waals surface area contributed by atoms with Crippen molar-refractivity contribution in [3.05, 3.63) is 0 Å². The molecular weight excluding hydrogens is 130 g/mol. The largest absolute Gasteiger partial charge is 0.461 e. The SMILES string of the molecule is N#CCC1CCCC(=O)O1. The molecule has 0 amide bonds.